The van der Waals surface area contributed by atoms with Crippen LogP contribution in [0.1, 0.15) is 23.2 Å². The number of benzene rings is 3. The van der Waals surface area contributed by atoms with Gasteiger partial charge in [0.25, 0.3) is 11.6 Å². The first-order valence-electron chi connectivity index (χ1n) is 11.7. The number of carboxylic acid groups (broad SMARTS) is 1. The highest BCUT2D eigenvalue weighted by Gasteiger charge is 2.23. The fourth-order valence-electron chi connectivity index (χ4n) is 4.04. The number of hydrogen-bond acceptors (Lipinski definition) is 7. The van der Waals surface area contributed by atoms with Crippen LogP contribution >= 0.6 is 0 Å². The van der Waals surface area contributed by atoms with Gasteiger partial charge in [-0.05, 0) is 37.1 Å². The van der Waals surface area contributed by atoms with Crippen molar-refractivity contribution in [1.29, 1.82) is 0 Å². The number of aliphatic carboxylic acids is 1. The lowest BCUT2D eigenvalue weighted by molar-refractivity contribution is -0.383. The number of carboxylic acids is 1. The Morgan fingerprint density at radius 1 is 1.03 bits per heavy atom. The first kappa shape index (κ1) is 25.8. The Balaban J connectivity index is 1.63. The molecule has 0 aliphatic rings. The average Bonchev–Trinajstić information content (AvgIpc) is 2.89. The zero-order chi connectivity index (χ0) is 27.2. The van der Waals surface area contributed by atoms with Crippen molar-refractivity contribution in [3.05, 3.63) is 82.4 Å². The number of nitrogens with zero attached hydrogens (tertiary/aromatic N) is 3. The molecule has 12 heteroatoms. The predicted octanol–water partition coefficient (Wildman–Crippen LogP) is 3.28. The van der Waals surface area contributed by atoms with Crippen molar-refractivity contribution in [1.82, 2.24) is 10.3 Å². The van der Waals surface area contributed by atoms with Gasteiger partial charge in [-0.3, -0.25) is 19.9 Å². The number of guanidine groups is 1. The molecule has 38 heavy (non-hydrogen) atoms. The normalized spacial score (nSPS) is 11.6. The number of fused-ring (bicyclic) bond motifs is 2. The van der Waals surface area contributed by atoms with E-state index in [0.717, 1.165) is 16.8 Å². The minimum absolute atomic E-state index is 0.0535. The van der Waals surface area contributed by atoms with E-state index >= 15 is 0 Å². The van der Waals surface area contributed by atoms with Crippen molar-refractivity contribution in [2.24, 2.45) is 16.5 Å². The maximum absolute atomic E-state index is 12.8. The maximum atomic E-state index is 12.8. The number of rotatable bonds is 10. The molecule has 1 aromatic heterocycles. The van der Waals surface area contributed by atoms with Gasteiger partial charge >= 0.3 is 5.97 Å². The second-order valence-electron chi connectivity index (χ2n) is 8.45. The minimum atomic E-state index is -1.24. The number of anilines is 2. The molecule has 4 aromatic rings. The Kier molecular flexibility index (Phi) is 7.61. The van der Waals surface area contributed by atoms with Gasteiger partial charge in [0.15, 0.2) is 5.96 Å². The van der Waals surface area contributed by atoms with E-state index in [1.807, 2.05) is 48.5 Å². The lowest BCUT2D eigenvalue weighted by Gasteiger charge is -2.15. The quantitative estimate of drug-likeness (QED) is 0.0525. The molecule has 1 heterocycles. The van der Waals surface area contributed by atoms with E-state index in [1.54, 1.807) is 0 Å². The van der Waals surface area contributed by atoms with Crippen molar-refractivity contribution in [3.63, 3.8) is 0 Å². The summed E-state index contributed by atoms with van der Waals surface area (Å²) >= 11 is 0. The largest absolute Gasteiger partial charge is 0.480 e. The van der Waals surface area contributed by atoms with E-state index in [9.17, 15) is 24.8 Å². The molecule has 0 saturated carbocycles. The summed E-state index contributed by atoms with van der Waals surface area (Å²) in [5, 5.41) is 28.6. The fraction of sp³-hybridized carbons (Fsp3) is 0.154. The van der Waals surface area contributed by atoms with Gasteiger partial charge in [-0.25, -0.2) is 9.78 Å². The topological polar surface area (TPSA) is 199 Å². The van der Waals surface area contributed by atoms with Crippen LogP contribution in [0.2, 0.25) is 0 Å². The zero-order valence-corrected chi connectivity index (χ0v) is 20.1. The zero-order valence-electron chi connectivity index (χ0n) is 20.1. The molecule has 194 valence electrons. The number of para-hydroxylation sites is 2. The number of pyridine rings is 1. The number of nitrogens with two attached hydrogens (primary N) is 2. The molecular weight excluding hydrogens is 490 g/mol. The first-order valence-corrected chi connectivity index (χ1v) is 11.7. The maximum Gasteiger partial charge on any atom is 0.326 e. The number of aliphatic imine (C=N–C) groups is 1. The average molecular weight is 516 g/mol. The van der Waals surface area contributed by atoms with Crippen molar-refractivity contribution < 1.29 is 19.6 Å². The molecule has 0 fully saturated rings. The molecule has 0 unspecified atom stereocenters. The van der Waals surface area contributed by atoms with Crippen LogP contribution in [0.4, 0.5) is 17.1 Å². The number of nitrogens with one attached hydrogen (secondary N) is 2. The predicted molar refractivity (Wildman–Crippen MR) is 144 cm³/mol. The summed E-state index contributed by atoms with van der Waals surface area (Å²) in [5.74, 6) is -2.12. The van der Waals surface area contributed by atoms with Crippen LogP contribution in [0.5, 0.6) is 0 Å². The summed E-state index contributed by atoms with van der Waals surface area (Å²) in [7, 11) is 0. The van der Waals surface area contributed by atoms with Gasteiger partial charge in [0.1, 0.15) is 11.7 Å². The van der Waals surface area contributed by atoms with Gasteiger partial charge < -0.3 is 27.2 Å². The summed E-state index contributed by atoms with van der Waals surface area (Å²) < 4.78 is 0. The van der Waals surface area contributed by atoms with Crippen LogP contribution < -0.4 is 22.1 Å². The van der Waals surface area contributed by atoms with Crippen LogP contribution in [0, 0.1) is 10.1 Å². The van der Waals surface area contributed by atoms with Crippen molar-refractivity contribution in [3.8, 4) is 0 Å². The Labute approximate surface area is 216 Å². The van der Waals surface area contributed by atoms with Crippen LogP contribution in [-0.2, 0) is 4.79 Å². The molecule has 3 aromatic carbocycles. The SMILES string of the molecule is NC(N)=NCCC[C@H](NC(=O)c1ccc(Nc2c3ccccc3nc3ccccc23)c([N+](=O)[O-])c1)C(=O)O. The Morgan fingerprint density at radius 2 is 1.66 bits per heavy atom. The van der Waals surface area contributed by atoms with Gasteiger partial charge in [0.05, 0.1) is 21.6 Å². The number of nitro benzene ring substituents is 1. The summed E-state index contributed by atoms with van der Waals surface area (Å²) in [4.78, 5) is 44.2. The van der Waals surface area contributed by atoms with Crippen LogP contribution in [0.25, 0.3) is 21.8 Å². The molecule has 0 aliphatic heterocycles. The van der Waals surface area contributed by atoms with E-state index < -0.39 is 22.8 Å². The van der Waals surface area contributed by atoms with Gasteiger partial charge in [0, 0.05) is 28.9 Å². The van der Waals surface area contributed by atoms with Crippen LogP contribution in [0.15, 0.2) is 71.7 Å². The summed E-state index contributed by atoms with van der Waals surface area (Å²) in [6, 6.07) is 17.6. The van der Waals surface area contributed by atoms with Gasteiger partial charge in [-0.2, -0.15) is 0 Å². The highest BCUT2D eigenvalue weighted by atomic mass is 16.6. The molecule has 0 bridgehead atoms. The first-order chi connectivity index (χ1) is 18.2. The second-order valence-corrected chi connectivity index (χ2v) is 8.45. The monoisotopic (exact) mass is 515 g/mol. The van der Waals surface area contributed by atoms with Gasteiger partial charge in [-0.15, -0.1) is 0 Å². The van der Waals surface area contributed by atoms with Crippen LogP contribution in [0.3, 0.4) is 0 Å². The van der Waals surface area contributed by atoms with E-state index in [4.69, 9.17) is 11.5 Å². The molecular formula is C26H25N7O5. The number of carbonyl (C=O) groups is 2. The number of carbonyl (C=O) groups excluding carboxylic acids is 1. The Hall–Kier alpha value is -5.26. The summed E-state index contributed by atoms with van der Waals surface area (Å²) in [6.07, 6.45) is 0.383. The lowest BCUT2D eigenvalue weighted by Crippen LogP contribution is -2.40. The van der Waals surface area contributed by atoms with Gasteiger partial charge in [0.2, 0.25) is 0 Å². The van der Waals surface area contributed by atoms with Crippen LogP contribution in [-0.4, -0.2) is 45.4 Å². The van der Waals surface area contributed by atoms with E-state index in [2.05, 4.69) is 20.6 Å². The third kappa shape index (κ3) is 5.75. The highest BCUT2D eigenvalue weighted by Crippen LogP contribution is 2.36. The van der Waals surface area contributed by atoms with Crippen molar-refractivity contribution in [2.75, 3.05) is 11.9 Å². The molecule has 1 amide bonds. The third-order valence-corrected chi connectivity index (χ3v) is 5.85. The van der Waals surface area contributed by atoms with E-state index in [1.165, 1.54) is 12.1 Å². The minimum Gasteiger partial charge on any atom is -0.480 e. The number of hydrogen-bond donors (Lipinski definition) is 5. The molecule has 0 aliphatic carbocycles. The van der Waals surface area contributed by atoms with E-state index in [0.29, 0.717) is 23.1 Å². The number of aromatic nitrogens is 1. The third-order valence-electron chi connectivity index (χ3n) is 5.85. The number of amides is 1. The van der Waals surface area contributed by atoms with Crippen molar-refractivity contribution in [2.45, 2.75) is 18.9 Å². The highest BCUT2D eigenvalue weighted by molar-refractivity contribution is 6.09. The second kappa shape index (κ2) is 11.2. The fourth-order valence-corrected chi connectivity index (χ4v) is 4.04. The molecule has 0 saturated heterocycles. The smallest absolute Gasteiger partial charge is 0.326 e. The molecule has 12 nitrogen and oxygen atoms in total. The Bertz CT molecular complexity index is 1510. The molecule has 1 atom stereocenters. The molecule has 0 spiro atoms. The molecule has 7 N–H and O–H groups in total. The van der Waals surface area contributed by atoms with E-state index in [-0.39, 0.29) is 35.9 Å². The Morgan fingerprint density at radius 3 is 2.24 bits per heavy atom. The summed E-state index contributed by atoms with van der Waals surface area (Å²) in [5.41, 5.74) is 12.4. The van der Waals surface area contributed by atoms with Crippen molar-refractivity contribution >= 4 is 56.7 Å². The standard InChI is InChI=1S/C26H25N7O5/c27-26(28)29-13-5-10-21(25(35)36)32-24(34)15-11-12-20(22(14-15)33(37)38)31-23-16-6-1-3-8-18(16)30-19-9-4-2-7-17(19)23/h1-4,6-9,11-12,14,21H,5,10,13H2,(H,30,31)(H,32,34)(H,35,36)(H4,27,28,29)/t21-/m0/s1. The summed E-state index contributed by atoms with van der Waals surface area (Å²) in [6.45, 7) is 0.201. The molecule has 0 radical (unpaired) electrons. The lowest BCUT2D eigenvalue weighted by atomic mass is 10.1. The number of nitro groups is 1. The van der Waals surface area contributed by atoms with Gasteiger partial charge in [-0.1, -0.05) is 36.4 Å². The molecule has 4 rings (SSSR count).